The lowest BCUT2D eigenvalue weighted by Gasteiger charge is -2.29. The third kappa shape index (κ3) is 4.80. The molecular formula is C55H34N2O. The normalized spacial score (nSPS) is 14.6. The molecule has 0 bridgehead atoms. The molecule has 10 aromatic rings. The number of para-hydroxylation sites is 1. The van der Waals surface area contributed by atoms with Gasteiger partial charge >= 0.3 is 0 Å². The summed E-state index contributed by atoms with van der Waals surface area (Å²) in [6.45, 7) is 0. The van der Waals surface area contributed by atoms with E-state index in [4.69, 9.17) is 14.4 Å². The lowest BCUT2D eigenvalue weighted by Crippen LogP contribution is -2.25. The Labute approximate surface area is 336 Å². The molecule has 3 nitrogen and oxygen atoms in total. The Hall–Kier alpha value is -7.62. The molecule has 1 spiro atoms. The molecule has 0 amide bonds. The topological polar surface area (TPSA) is 38.9 Å². The Morgan fingerprint density at radius 2 is 0.862 bits per heavy atom. The fourth-order valence-corrected chi connectivity index (χ4v) is 9.58. The van der Waals surface area contributed by atoms with Crippen LogP contribution in [0.3, 0.4) is 0 Å². The predicted octanol–water partition coefficient (Wildman–Crippen LogP) is 13.9. The van der Waals surface area contributed by atoms with Gasteiger partial charge in [-0.3, -0.25) is 0 Å². The Morgan fingerprint density at radius 3 is 1.59 bits per heavy atom. The monoisotopic (exact) mass is 738 g/mol. The molecule has 2 aromatic heterocycles. The molecule has 0 fully saturated rings. The van der Waals surface area contributed by atoms with Crippen molar-refractivity contribution in [3.05, 3.63) is 229 Å². The number of aromatic nitrogens is 2. The lowest BCUT2D eigenvalue weighted by molar-refractivity contribution is 0.628. The first-order chi connectivity index (χ1) is 28.7. The Bertz CT molecular complexity index is 3240. The number of furan rings is 1. The minimum Gasteiger partial charge on any atom is -0.456 e. The van der Waals surface area contributed by atoms with Crippen LogP contribution in [0.5, 0.6) is 0 Å². The van der Waals surface area contributed by atoms with Gasteiger partial charge < -0.3 is 4.42 Å². The summed E-state index contributed by atoms with van der Waals surface area (Å²) < 4.78 is 6.69. The molecule has 0 radical (unpaired) electrons. The average Bonchev–Trinajstić information content (AvgIpc) is 3.93. The quantitative estimate of drug-likeness (QED) is 0.176. The van der Waals surface area contributed by atoms with Crippen molar-refractivity contribution in [3.8, 4) is 78.6 Å². The van der Waals surface area contributed by atoms with Crippen molar-refractivity contribution in [3.63, 3.8) is 0 Å². The summed E-state index contributed by atoms with van der Waals surface area (Å²) in [6.07, 6.45) is 0. The molecule has 3 heteroatoms. The summed E-state index contributed by atoms with van der Waals surface area (Å²) >= 11 is 0. The van der Waals surface area contributed by atoms with Gasteiger partial charge in [-0.1, -0.05) is 176 Å². The van der Waals surface area contributed by atoms with Gasteiger partial charge in [-0.25, -0.2) is 9.97 Å². The van der Waals surface area contributed by atoms with E-state index in [9.17, 15) is 0 Å². The van der Waals surface area contributed by atoms with E-state index in [1.54, 1.807) is 0 Å². The van der Waals surface area contributed by atoms with Gasteiger partial charge in [0.2, 0.25) is 0 Å². The number of benzene rings is 8. The second kappa shape index (κ2) is 12.7. The van der Waals surface area contributed by atoms with Crippen molar-refractivity contribution < 1.29 is 4.42 Å². The predicted molar refractivity (Wildman–Crippen MR) is 235 cm³/mol. The van der Waals surface area contributed by atoms with Crippen LogP contribution in [0.4, 0.5) is 0 Å². The zero-order chi connectivity index (χ0) is 38.2. The highest BCUT2D eigenvalue weighted by atomic mass is 16.3. The summed E-state index contributed by atoms with van der Waals surface area (Å²) in [7, 11) is 0. The van der Waals surface area contributed by atoms with E-state index in [0.29, 0.717) is 5.82 Å². The second-order valence-electron chi connectivity index (χ2n) is 15.3. The first-order valence-corrected chi connectivity index (χ1v) is 19.8. The third-order valence-corrected chi connectivity index (χ3v) is 12.1. The highest BCUT2D eigenvalue weighted by Crippen LogP contribution is 2.65. The first-order valence-electron chi connectivity index (χ1n) is 19.8. The van der Waals surface area contributed by atoms with E-state index in [0.717, 1.165) is 56.1 Å². The van der Waals surface area contributed by atoms with E-state index in [-0.39, 0.29) is 0 Å². The molecular weight excluding hydrogens is 705 g/mol. The molecule has 2 heterocycles. The summed E-state index contributed by atoms with van der Waals surface area (Å²) in [5, 5.41) is 1.17. The fourth-order valence-electron chi connectivity index (χ4n) is 9.58. The van der Waals surface area contributed by atoms with Crippen LogP contribution in [-0.4, -0.2) is 9.97 Å². The van der Waals surface area contributed by atoms with E-state index in [1.807, 2.05) is 18.2 Å². The maximum atomic E-state index is 6.69. The molecule has 2 aliphatic carbocycles. The Morgan fingerprint density at radius 1 is 0.345 bits per heavy atom. The average molecular weight is 739 g/mol. The second-order valence-corrected chi connectivity index (χ2v) is 15.3. The Balaban J connectivity index is 1.01. The smallest absolute Gasteiger partial charge is 0.160 e. The van der Waals surface area contributed by atoms with Crippen molar-refractivity contribution in [1.82, 2.24) is 9.97 Å². The van der Waals surface area contributed by atoms with Crippen LogP contribution in [0, 0.1) is 0 Å². The summed E-state index contributed by atoms with van der Waals surface area (Å²) in [5.74, 6) is 1.67. The van der Waals surface area contributed by atoms with Gasteiger partial charge in [0.15, 0.2) is 5.82 Å². The number of hydrogen-bond donors (Lipinski definition) is 0. The molecule has 1 unspecified atom stereocenters. The molecule has 0 aliphatic heterocycles. The third-order valence-electron chi connectivity index (χ3n) is 12.1. The molecule has 8 aromatic carbocycles. The van der Waals surface area contributed by atoms with Crippen molar-refractivity contribution in [2.45, 2.75) is 5.41 Å². The van der Waals surface area contributed by atoms with E-state index < -0.39 is 5.41 Å². The van der Waals surface area contributed by atoms with Crippen LogP contribution >= 0.6 is 0 Å². The van der Waals surface area contributed by atoms with Gasteiger partial charge in [0.05, 0.1) is 16.8 Å². The lowest BCUT2D eigenvalue weighted by atomic mass is 9.70. The molecule has 58 heavy (non-hydrogen) atoms. The fraction of sp³-hybridized carbons (Fsp3) is 0.0182. The summed E-state index contributed by atoms with van der Waals surface area (Å²) in [5.41, 5.74) is 18.7. The van der Waals surface area contributed by atoms with Crippen LogP contribution in [0.1, 0.15) is 22.3 Å². The van der Waals surface area contributed by atoms with Gasteiger partial charge in [-0.2, -0.15) is 0 Å². The number of rotatable bonds is 5. The van der Waals surface area contributed by atoms with Crippen LogP contribution < -0.4 is 0 Å². The summed E-state index contributed by atoms with van der Waals surface area (Å²) in [4.78, 5) is 10.3. The van der Waals surface area contributed by atoms with Crippen LogP contribution in [0.15, 0.2) is 211 Å². The van der Waals surface area contributed by atoms with Crippen LogP contribution in [-0.2, 0) is 5.41 Å². The maximum Gasteiger partial charge on any atom is 0.160 e. The molecule has 0 saturated carbocycles. The van der Waals surface area contributed by atoms with Gasteiger partial charge in [0.1, 0.15) is 11.3 Å². The minimum atomic E-state index is -0.478. The highest BCUT2D eigenvalue weighted by molar-refractivity contribution is 6.02. The molecule has 1 atom stereocenters. The van der Waals surface area contributed by atoms with Crippen LogP contribution in [0.25, 0.3) is 89.6 Å². The maximum absolute atomic E-state index is 6.69. The van der Waals surface area contributed by atoms with Crippen molar-refractivity contribution in [2.75, 3.05) is 0 Å². The van der Waals surface area contributed by atoms with E-state index in [1.165, 1.54) is 49.9 Å². The number of fused-ring (bicyclic) bond motifs is 12. The molecule has 0 N–H and O–H groups in total. The minimum absolute atomic E-state index is 0.478. The van der Waals surface area contributed by atoms with Gasteiger partial charge in [-0.15, -0.1) is 0 Å². The largest absolute Gasteiger partial charge is 0.456 e. The zero-order valence-corrected chi connectivity index (χ0v) is 31.4. The van der Waals surface area contributed by atoms with Gasteiger partial charge in [0.25, 0.3) is 0 Å². The van der Waals surface area contributed by atoms with Crippen LogP contribution in [0.2, 0.25) is 0 Å². The van der Waals surface area contributed by atoms with Gasteiger partial charge in [-0.05, 0) is 80.4 Å². The van der Waals surface area contributed by atoms with Crippen molar-refractivity contribution in [1.29, 1.82) is 0 Å². The highest BCUT2D eigenvalue weighted by Gasteiger charge is 2.54. The molecule has 270 valence electrons. The molecule has 0 saturated heterocycles. The molecule has 2 aliphatic rings. The first kappa shape index (κ1) is 32.6. The number of hydrogen-bond acceptors (Lipinski definition) is 3. The van der Waals surface area contributed by atoms with Gasteiger partial charge in [0, 0.05) is 33.2 Å². The van der Waals surface area contributed by atoms with E-state index in [2.05, 4.69) is 188 Å². The Kier molecular flexibility index (Phi) is 7.14. The van der Waals surface area contributed by atoms with Crippen molar-refractivity contribution >= 4 is 11.0 Å². The number of nitrogens with zero attached hydrogens (tertiary/aromatic N) is 2. The van der Waals surface area contributed by atoms with Crippen molar-refractivity contribution in [2.24, 2.45) is 0 Å². The standard InChI is InChI=1S/C55H34N2O/c1-3-15-35(16-4-1)37-19-13-21-40(31-37)49-34-50(57-54(56-49)36-17-5-2-6-18-36)41-22-14-20-38(32-41)39-29-30-48-45(33-39)42-23-7-10-26-46(42)55(48)47-27-11-8-24-43(47)53-52(55)44-25-9-12-28-51(44)58-53/h1-34H. The SMILES string of the molecule is c1ccc(-c2cccc(-c3cc(-c4cccc(-c5ccc6c(c5)-c5ccccc5C65c6ccccc6-c6oc7ccccc7c65)c4)nc(-c4ccccc4)n3)c2)cc1. The molecule has 12 rings (SSSR count). The zero-order valence-electron chi connectivity index (χ0n) is 31.4. The van der Waals surface area contributed by atoms with E-state index >= 15 is 0 Å². The summed E-state index contributed by atoms with van der Waals surface area (Å²) in [6, 6.07) is 73.6.